The van der Waals surface area contributed by atoms with Crippen molar-refractivity contribution in [1.82, 2.24) is 5.32 Å². The largest absolute Gasteiger partial charge is 0.480 e. The fourth-order valence-electron chi connectivity index (χ4n) is 2.51. The molecule has 0 heterocycles. The first-order chi connectivity index (χ1) is 9.75. The first kappa shape index (κ1) is 17.5. The number of alkyl halides is 3. The van der Waals surface area contributed by atoms with Crippen molar-refractivity contribution >= 4 is 11.9 Å². The number of carboxylic acid groups (broad SMARTS) is 1. The number of carbonyl (C=O) groups is 2. The fraction of sp³-hybridized carbons (Fsp3) is 0.714. The summed E-state index contributed by atoms with van der Waals surface area (Å²) in [6, 6.07) is -1.10. The zero-order valence-electron chi connectivity index (χ0n) is 11.8. The van der Waals surface area contributed by atoms with Gasteiger partial charge in [0.2, 0.25) is 5.91 Å². The molecule has 1 saturated carbocycles. The number of nitrogens with one attached hydrogen (secondary N) is 1. The Balaban J connectivity index is 2.63. The van der Waals surface area contributed by atoms with Crippen LogP contribution in [-0.4, -0.2) is 29.2 Å². The van der Waals surface area contributed by atoms with E-state index in [9.17, 15) is 22.8 Å². The molecule has 0 saturated heterocycles. The Morgan fingerprint density at radius 3 is 2.57 bits per heavy atom. The van der Waals surface area contributed by atoms with E-state index in [1.54, 1.807) is 19.1 Å². The van der Waals surface area contributed by atoms with E-state index in [4.69, 9.17) is 5.11 Å². The van der Waals surface area contributed by atoms with Crippen molar-refractivity contribution in [2.24, 2.45) is 11.8 Å². The number of halogens is 3. The van der Waals surface area contributed by atoms with Crippen LogP contribution in [0.1, 0.15) is 39.0 Å². The number of hydrogen-bond donors (Lipinski definition) is 2. The first-order valence-corrected chi connectivity index (χ1v) is 6.96. The monoisotopic (exact) mass is 307 g/mol. The van der Waals surface area contributed by atoms with Gasteiger partial charge in [-0.05, 0) is 32.6 Å². The third-order valence-corrected chi connectivity index (χ3v) is 3.73. The van der Waals surface area contributed by atoms with Crippen molar-refractivity contribution in [3.8, 4) is 0 Å². The molecule has 1 rings (SSSR count). The molecule has 3 unspecified atom stereocenters. The summed E-state index contributed by atoms with van der Waals surface area (Å²) in [6.07, 6.45) is -0.452. The molecule has 0 aromatic carbocycles. The van der Waals surface area contributed by atoms with Crippen LogP contribution in [-0.2, 0) is 9.59 Å². The minimum Gasteiger partial charge on any atom is -0.480 e. The lowest BCUT2D eigenvalue weighted by Gasteiger charge is -2.30. The van der Waals surface area contributed by atoms with E-state index < -0.39 is 35.9 Å². The van der Waals surface area contributed by atoms with E-state index in [-0.39, 0.29) is 19.3 Å². The molecule has 1 amide bonds. The molecule has 3 atom stereocenters. The summed E-state index contributed by atoms with van der Waals surface area (Å²) in [7, 11) is 0. The number of hydrogen-bond acceptors (Lipinski definition) is 2. The van der Waals surface area contributed by atoms with Gasteiger partial charge in [0, 0.05) is 5.92 Å². The van der Waals surface area contributed by atoms with Gasteiger partial charge in [-0.1, -0.05) is 18.6 Å². The molecule has 4 nitrogen and oxygen atoms in total. The van der Waals surface area contributed by atoms with E-state index in [1.165, 1.54) is 0 Å². The maximum atomic E-state index is 12.7. The molecule has 21 heavy (non-hydrogen) atoms. The zero-order valence-corrected chi connectivity index (χ0v) is 11.8. The molecule has 2 N–H and O–H groups in total. The van der Waals surface area contributed by atoms with E-state index >= 15 is 0 Å². The van der Waals surface area contributed by atoms with Crippen LogP contribution in [0.15, 0.2) is 12.2 Å². The second-order valence-electron chi connectivity index (χ2n) is 5.31. The summed E-state index contributed by atoms with van der Waals surface area (Å²) in [5.74, 6) is -4.02. The maximum Gasteiger partial charge on any atom is 0.391 e. The fourth-order valence-corrected chi connectivity index (χ4v) is 2.51. The van der Waals surface area contributed by atoms with Crippen LogP contribution in [0.5, 0.6) is 0 Å². The predicted octanol–water partition coefficient (Wildman–Crippen LogP) is 2.89. The molecule has 120 valence electrons. The number of aliphatic carboxylic acids is 1. The molecule has 0 aliphatic heterocycles. The van der Waals surface area contributed by atoms with E-state index in [2.05, 4.69) is 5.32 Å². The topological polar surface area (TPSA) is 66.4 Å². The lowest BCUT2D eigenvalue weighted by atomic mass is 9.80. The molecule has 1 fully saturated rings. The number of carboxylic acids is 1. The third kappa shape index (κ3) is 5.40. The Hall–Kier alpha value is -1.53. The van der Waals surface area contributed by atoms with Crippen LogP contribution in [0.3, 0.4) is 0 Å². The molecule has 7 heteroatoms. The van der Waals surface area contributed by atoms with Crippen LogP contribution < -0.4 is 5.32 Å². The molecule has 0 spiro atoms. The summed E-state index contributed by atoms with van der Waals surface area (Å²) in [6.45, 7) is 1.72. The van der Waals surface area contributed by atoms with Crippen molar-refractivity contribution in [2.75, 3.05) is 0 Å². The summed E-state index contributed by atoms with van der Waals surface area (Å²) in [4.78, 5) is 23.0. The van der Waals surface area contributed by atoms with Gasteiger partial charge < -0.3 is 10.4 Å². The second kappa shape index (κ2) is 7.47. The molecule has 1 aliphatic carbocycles. The van der Waals surface area contributed by atoms with Crippen molar-refractivity contribution in [3.05, 3.63) is 12.2 Å². The van der Waals surface area contributed by atoms with Gasteiger partial charge in [0.15, 0.2) is 0 Å². The second-order valence-corrected chi connectivity index (χ2v) is 5.31. The van der Waals surface area contributed by atoms with Crippen molar-refractivity contribution in [1.29, 1.82) is 0 Å². The Labute approximate surface area is 121 Å². The number of amides is 1. The van der Waals surface area contributed by atoms with Gasteiger partial charge in [-0.15, -0.1) is 0 Å². The molecule has 0 radical (unpaired) electrons. The molecule has 1 aliphatic rings. The van der Waals surface area contributed by atoms with Gasteiger partial charge in [0.05, 0.1) is 5.92 Å². The van der Waals surface area contributed by atoms with Gasteiger partial charge >= 0.3 is 12.1 Å². The number of allylic oxidation sites excluding steroid dienone is 1. The SMILES string of the molecule is C/C=C/CC(NC(=O)C1CCCC(C(F)(F)F)C1)C(=O)O. The van der Waals surface area contributed by atoms with E-state index in [1.807, 2.05) is 0 Å². The average molecular weight is 307 g/mol. The molecular formula is C14H20F3NO3. The van der Waals surface area contributed by atoms with E-state index in [0.29, 0.717) is 12.8 Å². The van der Waals surface area contributed by atoms with Crippen LogP contribution in [0.25, 0.3) is 0 Å². The van der Waals surface area contributed by atoms with Crippen molar-refractivity contribution < 1.29 is 27.9 Å². The highest BCUT2D eigenvalue weighted by molar-refractivity contribution is 5.85. The molecule has 0 aromatic rings. The third-order valence-electron chi connectivity index (χ3n) is 3.73. The average Bonchev–Trinajstić information content (AvgIpc) is 2.42. The van der Waals surface area contributed by atoms with Gasteiger partial charge in [-0.3, -0.25) is 4.79 Å². The highest BCUT2D eigenvalue weighted by Crippen LogP contribution is 2.39. The molecule has 0 aromatic heterocycles. The lowest BCUT2D eigenvalue weighted by molar-refractivity contribution is -0.186. The molecule has 0 bridgehead atoms. The van der Waals surface area contributed by atoms with Crippen LogP contribution >= 0.6 is 0 Å². The summed E-state index contributed by atoms with van der Waals surface area (Å²) in [5, 5.41) is 11.3. The Bertz CT molecular complexity index is 407. The Kier molecular flexibility index (Phi) is 6.23. The number of rotatable bonds is 5. The lowest BCUT2D eigenvalue weighted by Crippen LogP contribution is -2.45. The van der Waals surface area contributed by atoms with Crippen molar-refractivity contribution in [2.45, 2.75) is 51.2 Å². The normalized spacial score (nSPS) is 24.8. The maximum absolute atomic E-state index is 12.7. The summed E-state index contributed by atoms with van der Waals surface area (Å²) >= 11 is 0. The van der Waals surface area contributed by atoms with Gasteiger partial charge in [-0.25, -0.2) is 4.79 Å². The highest BCUT2D eigenvalue weighted by atomic mass is 19.4. The quantitative estimate of drug-likeness (QED) is 0.768. The standard InChI is InChI=1S/C14H20F3NO3/c1-2-3-7-11(13(20)21)18-12(19)9-5-4-6-10(8-9)14(15,16)17/h2-3,9-11H,4-8H2,1H3,(H,18,19)(H,20,21)/b3-2+. The highest BCUT2D eigenvalue weighted by Gasteiger charge is 2.43. The smallest absolute Gasteiger partial charge is 0.391 e. The predicted molar refractivity (Wildman–Crippen MR) is 70.5 cm³/mol. The minimum absolute atomic E-state index is 0.0359. The van der Waals surface area contributed by atoms with Crippen LogP contribution in [0, 0.1) is 11.8 Å². The Morgan fingerprint density at radius 2 is 2.05 bits per heavy atom. The van der Waals surface area contributed by atoms with Gasteiger partial charge in [0.1, 0.15) is 6.04 Å². The molecular weight excluding hydrogens is 287 g/mol. The Morgan fingerprint density at radius 1 is 1.38 bits per heavy atom. The van der Waals surface area contributed by atoms with Gasteiger partial charge in [0.25, 0.3) is 0 Å². The van der Waals surface area contributed by atoms with Gasteiger partial charge in [-0.2, -0.15) is 13.2 Å². The summed E-state index contributed by atoms with van der Waals surface area (Å²) in [5.41, 5.74) is 0. The van der Waals surface area contributed by atoms with Crippen molar-refractivity contribution in [3.63, 3.8) is 0 Å². The zero-order chi connectivity index (χ0) is 16.0. The van der Waals surface area contributed by atoms with E-state index in [0.717, 1.165) is 0 Å². The minimum atomic E-state index is -4.30. The summed E-state index contributed by atoms with van der Waals surface area (Å²) < 4.78 is 38.1. The first-order valence-electron chi connectivity index (χ1n) is 6.96. The van der Waals surface area contributed by atoms with Crippen LogP contribution in [0.2, 0.25) is 0 Å². The van der Waals surface area contributed by atoms with Crippen LogP contribution in [0.4, 0.5) is 13.2 Å². The number of carbonyl (C=O) groups excluding carboxylic acids is 1.